The summed E-state index contributed by atoms with van der Waals surface area (Å²) < 4.78 is 0. The van der Waals surface area contributed by atoms with Crippen LogP contribution in [0.4, 0.5) is 0 Å². The molecule has 0 aromatic rings. The summed E-state index contributed by atoms with van der Waals surface area (Å²) in [6, 6.07) is 0. The van der Waals surface area contributed by atoms with Crippen LogP contribution in [0, 0.1) is 17.8 Å². The Bertz CT molecular complexity index is 148. The number of amides is 1. The third-order valence-electron chi connectivity index (χ3n) is 3.29. The fraction of sp³-hybridized carbons (Fsp3) is 0.889. The van der Waals surface area contributed by atoms with Crippen LogP contribution in [0.25, 0.3) is 0 Å². The number of hydrogen-bond acceptors (Lipinski definition) is 1. The highest BCUT2D eigenvalue weighted by atomic mass is 16.1. The summed E-state index contributed by atoms with van der Waals surface area (Å²) in [7, 11) is 0. The van der Waals surface area contributed by atoms with Crippen LogP contribution >= 0.6 is 0 Å². The van der Waals surface area contributed by atoms with Crippen molar-refractivity contribution in [3.05, 3.63) is 0 Å². The topological polar surface area (TPSA) is 29.1 Å². The van der Waals surface area contributed by atoms with E-state index in [1.807, 2.05) is 0 Å². The van der Waals surface area contributed by atoms with Gasteiger partial charge in [-0.3, -0.25) is 4.79 Å². The van der Waals surface area contributed by atoms with Crippen molar-refractivity contribution in [2.24, 2.45) is 17.8 Å². The summed E-state index contributed by atoms with van der Waals surface area (Å²) in [5, 5.41) is 2.73. The first-order valence-corrected chi connectivity index (χ1v) is 4.60. The van der Waals surface area contributed by atoms with Crippen molar-refractivity contribution < 1.29 is 4.79 Å². The molecule has 0 aromatic carbocycles. The molecule has 1 amide bonds. The largest absolute Gasteiger partial charge is 0.359 e. The van der Waals surface area contributed by atoms with Crippen LogP contribution in [0.2, 0.25) is 0 Å². The van der Waals surface area contributed by atoms with Crippen LogP contribution < -0.4 is 5.32 Å². The first-order chi connectivity index (χ1) is 5.43. The van der Waals surface area contributed by atoms with Gasteiger partial charge in [0.2, 0.25) is 6.41 Å². The minimum Gasteiger partial charge on any atom is -0.359 e. The van der Waals surface area contributed by atoms with E-state index in [0.717, 1.165) is 30.7 Å². The monoisotopic (exact) mass is 153 g/mol. The molecule has 0 heterocycles. The van der Waals surface area contributed by atoms with E-state index in [1.165, 1.54) is 25.7 Å². The molecule has 0 spiro atoms. The molecular formula is C9H15NO. The van der Waals surface area contributed by atoms with Gasteiger partial charge in [0.1, 0.15) is 0 Å². The van der Waals surface area contributed by atoms with E-state index >= 15 is 0 Å². The fourth-order valence-electron chi connectivity index (χ4n) is 2.71. The van der Waals surface area contributed by atoms with Crippen molar-refractivity contribution >= 4 is 6.41 Å². The molecule has 2 saturated carbocycles. The maximum atomic E-state index is 9.94. The lowest BCUT2D eigenvalue weighted by atomic mass is 10.1. The van der Waals surface area contributed by atoms with E-state index < -0.39 is 0 Å². The van der Waals surface area contributed by atoms with Crippen LogP contribution in [0.3, 0.4) is 0 Å². The molecule has 62 valence electrons. The average Bonchev–Trinajstić information content (AvgIpc) is 2.46. The predicted molar refractivity (Wildman–Crippen MR) is 43.0 cm³/mol. The minimum atomic E-state index is 0.804. The molecule has 0 saturated heterocycles. The smallest absolute Gasteiger partial charge is 0.207 e. The van der Waals surface area contributed by atoms with Gasteiger partial charge in [-0.2, -0.15) is 0 Å². The number of nitrogens with one attached hydrogen (secondary N) is 1. The van der Waals surface area contributed by atoms with E-state index in [1.54, 1.807) is 0 Å². The van der Waals surface area contributed by atoms with E-state index in [2.05, 4.69) is 5.32 Å². The second-order valence-corrected chi connectivity index (χ2v) is 3.78. The number of carbonyl (C=O) groups excluding carboxylic acids is 1. The van der Waals surface area contributed by atoms with Gasteiger partial charge in [0.25, 0.3) is 0 Å². The summed E-state index contributed by atoms with van der Waals surface area (Å²) in [5.41, 5.74) is 0. The molecule has 0 radical (unpaired) electrons. The van der Waals surface area contributed by atoms with Crippen molar-refractivity contribution in [3.8, 4) is 0 Å². The molecule has 2 heteroatoms. The Kier molecular flexibility index (Phi) is 1.84. The second-order valence-electron chi connectivity index (χ2n) is 3.78. The second kappa shape index (κ2) is 2.84. The average molecular weight is 153 g/mol. The molecule has 1 N–H and O–H groups in total. The van der Waals surface area contributed by atoms with Crippen LogP contribution in [0.15, 0.2) is 0 Å². The molecule has 2 aliphatic carbocycles. The number of rotatable bonds is 4. The SMILES string of the molecule is O=CNCCC1C2CCCC21. The number of carbonyl (C=O) groups is 1. The van der Waals surface area contributed by atoms with Gasteiger partial charge in [0.05, 0.1) is 0 Å². The lowest BCUT2D eigenvalue weighted by molar-refractivity contribution is -0.109. The van der Waals surface area contributed by atoms with Crippen LogP contribution in [0.1, 0.15) is 25.7 Å². The number of fused-ring (bicyclic) bond motifs is 1. The van der Waals surface area contributed by atoms with Crippen molar-refractivity contribution in [1.29, 1.82) is 0 Å². The first-order valence-electron chi connectivity index (χ1n) is 4.60. The molecule has 2 aliphatic rings. The quantitative estimate of drug-likeness (QED) is 0.476. The van der Waals surface area contributed by atoms with Gasteiger partial charge in [0, 0.05) is 6.54 Å². The summed E-state index contributed by atoms with van der Waals surface area (Å²) in [4.78, 5) is 9.94. The van der Waals surface area contributed by atoms with Gasteiger partial charge >= 0.3 is 0 Å². The van der Waals surface area contributed by atoms with Crippen LogP contribution in [0.5, 0.6) is 0 Å². The standard InChI is InChI=1S/C9H15NO/c11-6-10-5-4-9-7-2-1-3-8(7)9/h6-9H,1-5H2,(H,10,11). The summed E-state index contributed by atoms with van der Waals surface area (Å²) in [6.45, 7) is 0.890. The molecule has 2 atom stereocenters. The van der Waals surface area contributed by atoms with E-state index in [0.29, 0.717) is 0 Å². The molecular weight excluding hydrogens is 138 g/mol. The van der Waals surface area contributed by atoms with Gasteiger partial charge in [-0.15, -0.1) is 0 Å². The van der Waals surface area contributed by atoms with E-state index in [9.17, 15) is 4.79 Å². The highest BCUT2D eigenvalue weighted by Gasteiger charge is 2.51. The Balaban J connectivity index is 1.63. The Labute approximate surface area is 67.4 Å². The van der Waals surface area contributed by atoms with E-state index in [4.69, 9.17) is 0 Å². The number of hydrogen-bond donors (Lipinski definition) is 1. The molecule has 2 rings (SSSR count). The van der Waals surface area contributed by atoms with E-state index in [-0.39, 0.29) is 0 Å². The van der Waals surface area contributed by atoms with Gasteiger partial charge in [-0.05, 0) is 37.0 Å². The molecule has 0 aromatic heterocycles. The Morgan fingerprint density at radius 2 is 2.09 bits per heavy atom. The molecule has 2 unspecified atom stereocenters. The molecule has 2 fully saturated rings. The third kappa shape index (κ3) is 1.26. The lowest BCUT2D eigenvalue weighted by Gasteiger charge is -2.00. The Morgan fingerprint density at radius 1 is 1.36 bits per heavy atom. The van der Waals surface area contributed by atoms with Crippen LogP contribution in [-0.2, 0) is 4.79 Å². The molecule has 0 aliphatic heterocycles. The fourth-order valence-corrected chi connectivity index (χ4v) is 2.71. The van der Waals surface area contributed by atoms with Gasteiger partial charge in [-0.1, -0.05) is 6.42 Å². The zero-order valence-corrected chi connectivity index (χ0v) is 6.75. The molecule has 0 bridgehead atoms. The summed E-state index contributed by atoms with van der Waals surface area (Å²) in [6.07, 6.45) is 6.38. The first kappa shape index (κ1) is 7.14. The minimum absolute atomic E-state index is 0.804. The van der Waals surface area contributed by atoms with Crippen molar-refractivity contribution in [1.82, 2.24) is 5.32 Å². The molecule has 11 heavy (non-hydrogen) atoms. The maximum Gasteiger partial charge on any atom is 0.207 e. The molecule has 2 nitrogen and oxygen atoms in total. The lowest BCUT2D eigenvalue weighted by Crippen LogP contribution is -2.13. The highest BCUT2D eigenvalue weighted by Crippen LogP contribution is 2.58. The summed E-state index contributed by atoms with van der Waals surface area (Å²) in [5.74, 6) is 3.06. The zero-order valence-electron chi connectivity index (χ0n) is 6.75. The predicted octanol–water partition coefficient (Wildman–Crippen LogP) is 1.17. The van der Waals surface area contributed by atoms with Crippen molar-refractivity contribution in [2.75, 3.05) is 6.54 Å². The Hall–Kier alpha value is -0.530. The zero-order chi connectivity index (χ0) is 7.68. The van der Waals surface area contributed by atoms with Crippen molar-refractivity contribution in [2.45, 2.75) is 25.7 Å². The van der Waals surface area contributed by atoms with Gasteiger partial charge < -0.3 is 5.32 Å². The van der Waals surface area contributed by atoms with Gasteiger partial charge in [-0.25, -0.2) is 0 Å². The Morgan fingerprint density at radius 3 is 2.73 bits per heavy atom. The van der Waals surface area contributed by atoms with Gasteiger partial charge in [0.15, 0.2) is 0 Å². The normalized spacial score (nSPS) is 39.8. The summed E-state index contributed by atoms with van der Waals surface area (Å²) >= 11 is 0. The van der Waals surface area contributed by atoms with Crippen molar-refractivity contribution in [3.63, 3.8) is 0 Å². The van der Waals surface area contributed by atoms with Crippen LogP contribution in [-0.4, -0.2) is 13.0 Å². The highest BCUT2D eigenvalue weighted by molar-refractivity contribution is 5.45. The third-order valence-corrected chi connectivity index (χ3v) is 3.29. The maximum absolute atomic E-state index is 9.94.